The van der Waals surface area contributed by atoms with E-state index in [1.54, 1.807) is 32.0 Å². The molecule has 2 aromatic rings. The molecule has 0 saturated heterocycles. The number of benzene rings is 2. The van der Waals surface area contributed by atoms with Crippen molar-refractivity contribution in [1.29, 1.82) is 5.26 Å². The second-order valence-corrected chi connectivity index (χ2v) is 10.0. The zero-order valence-corrected chi connectivity index (χ0v) is 21.6. The Morgan fingerprint density at radius 1 is 1.25 bits per heavy atom. The lowest BCUT2D eigenvalue weighted by molar-refractivity contribution is -0.139. The van der Waals surface area contributed by atoms with Crippen LogP contribution < -0.4 is 5.73 Å². The van der Waals surface area contributed by atoms with Crippen LogP contribution in [0.4, 0.5) is 0 Å². The number of rotatable bonds is 4. The number of fused-ring (bicyclic) bond motifs is 2. The molecule has 2 unspecified atom stereocenters. The van der Waals surface area contributed by atoms with Crippen molar-refractivity contribution in [2.45, 2.75) is 25.8 Å². The maximum atomic E-state index is 13.1. The topological polar surface area (TPSA) is 101 Å². The Hall–Kier alpha value is -3.38. The van der Waals surface area contributed by atoms with Crippen LogP contribution in [0.15, 0.2) is 87.0 Å². The summed E-state index contributed by atoms with van der Waals surface area (Å²) in [5.41, 5.74) is 8.96. The van der Waals surface area contributed by atoms with Gasteiger partial charge in [0, 0.05) is 10.0 Å². The van der Waals surface area contributed by atoms with Crippen molar-refractivity contribution in [3.05, 3.63) is 103 Å². The number of aliphatic imine (C=N–C) groups is 1. The van der Waals surface area contributed by atoms with E-state index in [0.29, 0.717) is 37.3 Å². The number of amidine groups is 1. The summed E-state index contributed by atoms with van der Waals surface area (Å²) in [5, 5.41) is 11.6. The number of allylic oxidation sites excluding steroid dienone is 3. The van der Waals surface area contributed by atoms with E-state index in [1.165, 1.54) is 11.8 Å². The highest BCUT2D eigenvalue weighted by Gasteiger charge is 2.49. The van der Waals surface area contributed by atoms with E-state index in [2.05, 4.69) is 6.07 Å². The quantitative estimate of drug-likeness (QED) is 0.478. The number of hydrogen-bond donors (Lipinski definition) is 1. The summed E-state index contributed by atoms with van der Waals surface area (Å²) in [6.45, 7) is 3.74. The number of nitriles is 1. The van der Waals surface area contributed by atoms with Gasteiger partial charge >= 0.3 is 5.97 Å². The molecular weight excluding hydrogens is 519 g/mol. The number of esters is 1. The molecule has 3 aliphatic rings. The normalized spacial score (nSPS) is 21.0. The minimum absolute atomic E-state index is 0.0261. The maximum Gasteiger partial charge on any atom is 0.338 e. The zero-order chi connectivity index (χ0) is 25.6. The Morgan fingerprint density at radius 2 is 1.97 bits per heavy atom. The van der Waals surface area contributed by atoms with E-state index in [4.69, 9.17) is 43.4 Å². The second-order valence-electron chi connectivity index (χ2n) is 8.16. The van der Waals surface area contributed by atoms with Crippen molar-refractivity contribution in [1.82, 2.24) is 4.90 Å². The highest BCUT2D eigenvalue weighted by atomic mass is 35.5. The first-order chi connectivity index (χ1) is 17.3. The fourth-order valence-corrected chi connectivity index (χ4v) is 6.13. The highest BCUT2D eigenvalue weighted by Crippen LogP contribution is 2.55. The van der Waals surface area contributed by atoms with E-state index in [-0.39, 0.29) is 18.1 Å². The molecule has 5 rings (SSSR count). The fourth-order valence-electron chi connectivity index (χ4n) is 4.50. The second kappa shape index (κ2) is 9.58. The van der Waals surface area contributed by atoms with Crippen molar-refractivity contribution >= 4 is 46.1 Å². The molecule has 0 bridgehead atoms. The molecule has 2 aromatic carbocycles. The van der Waals surface area contributed by atoms with Crippen LogP contribution >= 0.6 is 35.0 Å². The predicted molar refractivity (Wildman–Crippen MR) is 140 cm³/mol. The van der Waals surface area contributed by atoms with Gasteiger partial charge in [-0.15, -0.1) is 0 Å². The molecule has 10 heteroatoms. The zero-order valence-electron chi connectivity index (χ0n) is 19.3. The van der Waals surface area contributed by atoms with Crippen LogP contribution in [0.2, 0.25) is 10.0 Å². The minimum Gasteiger partial charge on any atom is -0.463 e. The van der Waals surface area contributed by atoms with Crippen LogP contribution in [0.3, 0.4) is 0 Å². The Kier molecular flexibility index (Phi) is 6.47. The van der Waals surface area contributed by atoms with Crippen LogP contribution in [0.1, 0.15) is 36.9 Å². The SMILES string of the molecule is CCOC(=O)C1=C(C)N=C2SC3=C(OC(N)=C(C#N)C3c3ccccc3Cl)N2C1c1ccc(Cl)cc1. The van der Waals surface area contributed by atoms with Crippen molar-refractivity contribution in [3.63, 3.8) is 0 Å². The number of ether oxygens (including phenoxy) is 2. The smallest absolute Gasteiger partial charge is 0.338 e. The van der Waals surface area contributed by atoms with Crippen molar-refractivity contribution in [2.24, 2.45) is 10.7 Å². The average Bonchev–Trinajstić information content (AvgIpc) is 3.20. The van der Waals surface area contributed by atoms with Crippen molar-refractivity contribution < 1.29 is 14.3 Å². The predicted octanol–water partition coefficient (Wildman–Crippen LogP) is 5.97. The molecule has 0 radical (unpaired) electrons. The largest absolute Gasteiger partial charge is 0.463 e. The number of halogens is 2. The van der Waals surface area contributed by atoms with Gasteiger partial charge in [0.15, 0.2) is 5.17 Å². The van der Waals surface area contributed by atoms with Crippen LogP contribution in [-0.4, -0.2) is 22.6 Å². The molecule has 0 amide bonds. The van der Waals surface area contributed by atoms with Crippen molar-refractivity contribution in [3.8, 4) is 6.07 Å². The summed E-state index contributed by atoms with van der Waals surface area (Å²) < 4.78 is 11.5. The number of carbonyl (C=O) groups excluding carboxylic acids is 1. The van der Waals surface area contributed by atoms with Gasteiger partial charge in [-0.3, -0.25) is 4.90 Å². The van der Waals surface area contributed by atoms with E-state index in [0.717, 1.165) is 11.1 Å². The summed E-state index contributed by atoms with van der Waals surface area (Å²) in [6.07, 6.45) is 0. The Morgan fingerprint density at radius 3 is 2.64 bits per heavy atom. The Balaban J connectivity index is 1.71. The summed E-state index contributed by atoms with van der Waals surface area (Å²) in [6, 6.07) is 16.1. The summed E-state index contributed by atoms with van der Waals surface area (Å²) in [7, 11) is 0. The summed E-state index contributed by atoms with van der Waals surface area (Å²) >= 11 is 14.1. The molecule has 0 spiro atoms. The minimum atomic E-state index is -0.614. The summed E-state index contributed by atoms with van der Waals surface area (Å²) in [5.74, 6) is -0.657. The molecule has 0 saturated carbocycles. The van der Waals surface area contributed by atoms with Gasteiger partial charge in [-0.1, -0.05) is 53.5 Å². The molecule has 0 aromatic heterocycles. The third-order valence-electron chi connectivity index (χ3n) is 6.06. The number of nitrogens with zero attached hydrogens (tertiary/aromatic N) is 3. The first-order valence-corrected chi connectivity index (χ1v) is 12.7. The van der Waals surface area contributed by atoms with Gasteiger partial charge in [0.05, 0.1) is 34.7 Å². The highest BCUT2D eigenvalue weighted by molar-refractivity contribution is 8.17. The molecule has 3 aliphatic heterocycles. The van der Waals surface area contributed by atoms with Crippen LogP contribution in [-0.2, 0) is 14.3 Å². The lowest BCUT2D eigenvalue weighted by atomic mass is 9.89. The lowest BCUT2D eigenvalue weighted by Crippen LogP contribution is -2.38. The molecule has 2 N–H and O–H groups in total. The number of nitrogens with two attached hydrogens (primary N) is 1. The van der Waals surface area contributed by atoms with Gasteiger partial charge in [0.1, 0.15) is 11.6 Å². The number of hydrogen-bond acceptors (Lipinski definition) is 8. The lowest BCUT2D eigenvalue weighted by Gasteiger charge is -2.36. The molecule has 0 aliphatic carbocycles. The third kappa shape index (κ3) is 3.94. The fraction of sp³-hybridized carbons (Fsp3) is 0.192. The molecule has 3 heterocycles. The molecule has 0 fully saturated rings. The van der Waals surface area contributed by atoms with Crippen molar-refractivity contribution in [2.75, 3.05) is 6.61 Å². The van der Waals surface area contributed by atoms with E-state index < -0.39 is 17.9 Å². The Bertz CT molecular complexity index is 1440. The summed E-state index contributed by atoms with van der Waals surface area (Å²) in [4.78, 5) is 20.4. The van der Waals surface area contributed by atoms with E-state index in [9.17, 15) is 10.1 Å². The van der Waals surface area contributed by atoms with Gasteiger partial charge < -0.3 is 15.2 Å². The van der Waals surface area contributed by atoms with E-state index in [1.807, 2.05) is 35.2 Å². The molecular formula is C26H20Cl2N4O3S. The van der Waals surface area contributed by atoms with Gasteiger partial charge in [-0.25, -0.2) is 9.79 Å². The first-order valence-electron chi connectivity index (χ1n) is 11.1. The maximum absolute atomic E-state index is 13.1. The molecule has 7 nitrogen and oxygen atoms in total. The van der Waals surface area contributed by atoms with Gasteiger partial charge in [0.2, 0.25) is 11.8 Å². The number of thioether (sulfide) groups is 1. The average molecular weight is 539 g/mol. The van der Waals surface area contributed by atoms with Crippen LogP contribution in [0.25, 0.3) is 0 Å². The number of carbonyl (C=O) groups is 1. The molecule has 36 heavy (non-hydrogen) atoms. The van der Waals surface area contributed by atoms with Crippen LogP contribution in [0.5, 0.6) is 0 Å². The van der Waals surface area contributed by atoms with E-state index >= 15 is 0 Å². The molecule has 182 valence electrons. The van der Waals surface area contributed by atoms with Gasteiger partial charge in [-0.2, -0.15) is 5.26 Å². The standard InChI is InChI=1S/C26H20Cl2N4O3S/c1-3-34-25(33)19-13(2)31-26-32(21(19)14-8-10-15(27)11-9-14)24-22(36-26)20(17(12-29)23(30)35-24)16-6-4-5-7-18(16)28/h4-11,20-21H,3,30H2,1-2H3. The Labute approximate surface area is 222 Å². The van der Waals surface area contributed by atoms with Gasteiger partial charge in [-0.05, 0) is 54.9 Å². The third-order valence-corrected chi connectivity index (χ3v) is 7.76. The van der Waals surface area contributed by atoms with Gasteiger partial charge in [0.25, 0.3) is 0 Å². The molecule has 2 atom stereocenters. The first kappa shape index (κ1) is 24.3. The monoisotopic (exact) mass is 538 g/mol. The van der Waals surface area contributed by atoms with Crippen LogP contribution in [0, 0.1) is 11.3 Å².